The summed E-state index contributed by atoms with van der Waals surface area (Å²) in [4.78, 5) is 10.9. The Morgan fingerprint density at radius 3 is 2.62 bits per heavy atom. The quantitative estimate of drug-likeness (QED) is 0.636. The van der Waals surface area contributed by atoms with Crippen LogP contribution >= 0.6 is 0 Å². The lowest BCUT2D eigenvalue weighted by Crippen LogP contribution is -1.96. The predicted molar refractivity (Wildman–Crippen MR) is 51.1 cm³/mol. The van der Waals surface area contributed by atoms with E-state index in [9.17, 15) is 9.18 Å². The fourth-order valence-electron chi connectivity index (χ4n) is 1.11. The van der Waals surface area contributed by atoms with Crippen molar-refractivity contribution < 1.29 is 9.18 Å². The smallest absolute Gasteiger partial charge is 0.162 e. The van der Waals surface area contributed by atoms with Crippen LogP contribution in [0.2, 0.25) is 0 Å². The molecule has 0 spiro atoms. The lowest BCUT2D eigenvalue weighted by atomic mass is 10.1. The SMILES string of the molecule is C/C=C/c1ccc(C(C)=O)c(F)c1. The zero-order valence-electron chi connectivity index (χ0n) is 7.67. The van der Waals surface area contributed by atoms with Gasteiger partial charge in [0.1, 0.15) is 5.82 Å². The van der Waals surface area contributed by atoms with Crippen LogP contribution in [0.5, 0.6) is 0 Å². The van der Waals surface area contributed by atoms with E-state index in [-0.39, 0.29) is 11.3 Å². The van der Waals surface area contributed by atoms with E-state index >= 15 is 0 Å². The normalized spacial score (nSPS) is 10.7. The first-order valence-corrected chi connectivity index (χ1v) is 4.08. The Labute approximate surface area is 76.9 Å². The number of carbonyl (C=O) groups excluding carboxylic acids is 1. The molecule has 1 aromatic carbocycles. The van der Waals surface area contributed by atoms with Gasteiger partial charge in [0.25, 0.3) is 0 Å². The number of carbonyl (C=O) groups is 1. The standard InChI is InChI=1S/C11H11FO/c1-3-4-9-5-6-10(8(2)13)11(12)7-9/h3-7H,1-2H3/b4-3+. The largest absolute Gasteiger partial charge is 0.294 e. The second-order valence-corrected chi connectivity index (χ2v) is 2.80. The molecule has 0 aliphatic carbocycles. The van der Waals surface area contributed by atoms with Crippen molar-refractivity contribution in [2.24, 2.45) is 0 Å². The van der Waals surface area contributed by atoms with E-state index in [2.05, 4.69) is 0 Å². The average molecular weight is 178 g/mol. The molecule has 0 heterocycles. The van der Waals surface area contributed by atoms with Crippen molar-refractivity contribution >= 4 is 11.9 Å². The molecule has 0 unspecified atom stereocenters. The zero-order chi connectivity index (χ0) is 9.84. The summed E-state index contributed by atoms with van der Waals surface area (Å²) < 4.78 is 13.2. The van der Waals surface area contributed by atoms with Crippen molar-refractivity contribution in [3.63, 3.8) is 0 Å². The van der Waals surface area contributed by atoms with Crippen LogP contribution in [0, 0.1) is 5.82 Å². The third-order valence-electron chi connectivity index (χ3n) is 1.73. The van der Waals surface area contributed by atoms with Gasteiger partial charge in [-0.25, -0.2) is 4.39 Å². The topological polar surface area (TPSA) is 17.1 Å². The predicted octanol–water partition coefficient (Wildman–Crippen LogP) is 3.06. The summed E-state index contributed by atoms with van der Waals surface area (Å²) in [5, 5.41) is 0. The van der Waals surface area contributed by atoms with E-state index in [1.54, 1.807) is 12.1 Å². The summed E-state index contributed by atoms with van der Waals surface area (Å²) in [5.74, 6) is -0.701. The molecule has 2 heteroatoms. The molecule has 13 heavy (non-hydrogen) atoms. The second-order valence-electron chi connectivity index (χ2n) is 2.80. The van der Waals surface area contributed by atoms with Crippen LogP contribution in [0.1, 0.15) is 29.8 Å². The van der Waals surface area contributed by atoms with Crippen molar-refractivity contribution in [2.75, 3.05) is 0 Å². The molecule has 0 saturated carbocycles. The van der Waals surface area contributed by atoms with Gasteiger partial charge in [-0.1, -0.05) is 18.2 Å². The number of benzene rings is 1. The first-order valence-electron chi connectivity index (χ1n) is 4.08. The van der Waals surface area contributed by atoms with Crippen molar-refractivity contribution in [3.8, 4) is 0 Å². The van der Waals surface area contributed by atoms with E-state index < -0.39 is 5.82 Å². The molecule has 1 rings (SSSR count). The molecule has 68 valence electrons. The van der Waals surface area contributed by atoms with Crippen LogP contribution in [0.4, 0.5) is 4.39 Å². The van der Waals surface area contributed by atoms with Crippen molar-refractivity contribution in [3.05, 3.63) is 41.2 Å². The van der Waals surface area contributed by atoms with Gasteiger partial charge >= 0.3 is 0 Å². The summed E-state index contributed by atoms with van der Waals surface area (Å²) in [7, 11) is 0. The van der Waals surface area contributed by atoms with E-state index in [1.165, 1.54) is 19.1 Å². The van der Waals surface area contributed by atoms with Crippen LogP contribution in [0.25, 0.3) is 6.08 Å². The molecule has 0 aliphatic rings. The van der Waals surface area contributed by atoms with E-state index in [0.29, 0.717) is 0 Å². The molecular weight excluding hydrogens is 167 g/mol. The number of rotatable bonds is 2. The Bertz CT molecular complexity index is 353. The summed E-state index contributed by atoms with van der Waals surface area (Å²) in [6.07, 6.45) is 3.61. The van der Waals surface area contributed by atoms with Gasteiger partial charge in [-0.3, -0.25) is 4.79 Å². The third-order valence-corrected chi connectivity index (χ3v) is 1.73. The minimum absolute atomic E-state index is 0.147. The monoisotopic (exact) mass is 178 g/mol. The minimum Gasteiger partial charge on any atom is -0.294 e. The maximum Gasteiger partial charge on any atom is 0.162 e. The fraction of sp³-hybridized carbons (Fsp3) is 0.182. The highest BCUT2D eigenvalue weighted by Gasteiger charge is 2.05. The van der Waals surface area contributed by atoms with E-state index in [4.69, 9.17) is 0 Å². The number of allylic oxidation sites excluding steroid dienone is 1. The molecule has 0 saturated heterocycles. The molecule has 0 aromatic heterocycles. The zero-order valence-corrected chi connectivity index (χ0v) is 7.67. The molecule has 0 amide bonds. The second kappa shape index (κ2) is 3.99. The van der Waals surface area contributed by atoms with Gasteiger partial charge in [-0.2, -0.15) is 0 Å². The lowest BCUT2D eigenvalue weighted by molar-refractivity contribution is 0.101. The van der Waals surface area contributed by atoms with Gasteiger partial charge in [-0.05, 0) is 31.5 Å². The molecule has 0 aliphatic heterocycles. The third kappa shape index (κ3) is 2.25. The Morgan fingerprint density at radius 1 is 1.46 bits per heavy atom. The number of hydrogen-bond donors (Lipinski definition) is 0. The molecule has 1 aromatic rings. The summed E-state index contributed by atoms with van der Waals surface area (Å²) >= 11 is 0. The van der Waals surface area contributed by atoms with E-state index in [0.717, 1.165) is 5.56 Å². The van der Waals surface area contributed by atoms with Crippen molar-refractivity contribution in [1.29, 1.82) is 0 Å². The number of hydrogen-bond acceptors (Lipinski definition) is 1. The van der Waals surface area contributed by atoms with Gasteiger partial charge in [0, 0.05) is 0 Å². The molecule has 1 nitrogen and oxygen atoms in total. The van der Waals surface area contributed by atoms with Gasteiger partial charge in [0.15, 0.2) is 5.78 Å². The van der Waals surface area contributed by atoms with Crippen LogP contribution in [0.15, 0.2) is 24.3 Å². The fourth-order valence-corrected chi connectivity index (χ4v) is 1.11. The van der Waals surface area contributed by atoms with Crippen LogP contribution in [0.3, 0.4) is 0 Å². The van der Waals surface area contributed by atoms with Gasteiger partial charge < -0.3 is 0 Å². The molecule has 0 radical (unpaired) electrons. The maximum absolute atomic E-state index is 13.2. The average Bonchev–Trinajstić information content (AvgIpc) is 2.04. The van der Waals surface area contributed by atoms with Crippen LogP contribution in [-0.4, -0.2) is 5.78 Å². The van der Waals surface area contributed by atoms with Gasteiger partial charge in [0.05, 0.1) is 5.56 Å². The lowest BCUT2D eigenvalue weighted by Gasteiger charge is -1.99. The molecule has 0 bridgehead atoms. The molecule has 0 N–H and O–H groups in total. The van der Waals surface area contributed by atoms with Crippen molar-refractivity contribution in [1.82, 2.24) is 0 Å². The Balaban J connectivity index is 3.12. The molecule has 0 fully saturated rings. The van der Waals surface area contributed by atoms with Crippen molar-refractivity contribution in [2.45, 2.75) is 13.8 Å². The number of halogens is 1. The number of ketones is 1. The Morgan fingerprint density at radius 2 is 2.15 bits per heavy atom. The van der Waals surface area contributed by atoms with Crippen LogP contribution in [-0.2, 0) is 0 Å². The highest BCUT2D eigenvalue weighted by molar-refractivity contribution is 5.94. The highest BCUT2D eigenvalue weighted by Crippen LogP contribution is 2.12. The molecule has 0 atom stereocenters. The molecular formula is C11H11FO. The first-order chi connectivity index (χ1) is 6.15. The highest BCUT2D eigenvalue weighted by atomic mass is 19.1. The first kappa shape index (κ1) is 9.65. The van der Waals surface area contributed by atoms with Gasteiger partial charge in [-0.15, -0.1) is 0 Å². The Hall–Kier alpha value is -1.44. The number of Topliss-reactive ketones (excluding diaryl/α,β-unsaturated/α-hetero) is 1. The summed E-state index contributed by atoms with van der Waals surface area (Å²) in [6.45, 7) is 3.21. The van der Waals surface area contributed by atoms with Crippen LogP contribution < -0.4 is 0 Å². The van der Waals surface area contributed by atoms with Gasteiger partial charge in [0.2, 0.25) is 0 Å². The minimum atomic E-state index is -0.455. The summed E-state index contributed by atoms with van der Waals surface area (Å²) in [6, 6.07) is 4.59. The Kier molecular flexibility index (Phi) is 2.96. The summed E-state index contributed by atoms with van der Waals surface area (Å²) in [5.41, 5.74) is 0.915. The maximum atomic E-state index is 13.2. The van der Waals surface area contributed by atoms with E-state index in [1.807, 2.05) is 13.0 Å².